The zero-order chi connectivity index (χ0) is 20.4. The summed E-state index contributed by atoms with van der Waals surface area (Å²) < 4.78 is 1.65. The van der Waals surface area contributed by atoms with E-state index in [4.69, 9.17) is 23.2 Å². The molecule has 2 amide bonds. The van der Waals surface area contributed by atoms with Gasteiger partial charge in [-0.3, -0.25) is 0 Å². The Hall–Kier alpha value is -3.24. The van der Waals surface area contributed by atoms with E-state index >= 15 is 0 Å². The Morgan fingerprint density at radius 1 is 1.14 bits per heavy atom. The number of carbonyl (C=O) groups is 1. The lowest BCUT2D eigenvalue weighted by molar-refractivity contribution is 0.262. The van der Waals surface area contributed by atoms with Crippen molar-refractivity contribution in [3.8, 4) is 5.82 Å². The number of aromatic nitrogens is 7. The SMILES string of the molecule is CC(Cl)Cc1c(NC(=O)Nc2cnc(-n3nccn3)c(Cl)c2)cnc2ccnn12. The summed E-state index contributed by atoms with van der Waals surface area (Å²) in [7, 11) is 0. The minimum atomic E-state index is -0.482. The highest BCUT2D eigenvalue weighted by Crippen LogP contribution is 2.22. The third-order valence-corrected chi connectivity index (χ3v) is 4.36. The van der Waals surface area contributed by atoms with Crippen molar-refractivity contribution >= 4 is 46.3 Å². The van der Waals surface area contributed by atoms with E-state index in [1.807, 2.05) is 6.92 Å². The van der Waals surface area contributed by atoms with E-state index in [2.05, 4.69) is 35.9 Å². The molecule has 4 rings (SSSR count). The molecule has 1 unspecified atom stereocenters. The molecule has 4 heterocycles. The van der Waals surface area contributed by atoms with E-state index < -0.39 is 6.03 Å². The summed E-state index contributed by atoms with van der Waals surface area (Å²) in [6.07, 6.45) is 8.20. The number of fused-ring (bicyclic) bond motifs is 1. The van der Waals surface area contributed by atoms with Crippen LogP contribution in [-0.4, -0.2) is 46.0 Å². The minimum Gasteiger partial charge on any atom is -0.306 e. The number of nitrogens with one attached hydrogen (secondary N) is 2. The highest BCUT2D eigenvalue weighted by molar-refractivity contribution is 6.32. The molecule has 0 aliphatic carbocycles. The van der Waals surface area contributed by atoms with Crippen molar-refractivity contribution < 1.29 is 4.79 Å². The second-order valence-electron chi connectivity index (χ2n) is 6.13. The summed E-state index contributed by atoms with van der Waals surface area (Å²) >= 11 is 12.4. The zero-order valence-electron chi connectivity index (χ0n) is 15.1. The highest BCUT2D eigenvalue weighted by atomic mass is 35.5. The number of alkyl halides is 1. The van der Waals surface area contributed by atoms with Gasteiger partial charge in [0.1, 0.15) is 0 Å². The Labute approximate surface area is 174 Å². The number of amides is 2. The van der Waals surface area contributed by atoms with Crippen LogP contribution >= 0.6 is 23.2 Å². The molecular formula is C17H15Cl2N9O. The van der Waals surface area contributed by atoms with Crippen molar-refractivity contribution in [3.63, 3.8) is 0 Å². The fourth-order valence-corrected chi connectivity index (χ4v) is 3.13. The Balaban J connectivity index is 1.53. The van der Waals surface area contributed by atoms with Gasteiger partial charge >= 0.3 is 6.03 Å². The summed E-state index contributed by atoms with van der Waals surface area (Å²) in [6.45, 7) is 1.87. The Bertz CT molecular complexity index is 1160. The van der Waals surface area contributed by atoms with Gasteiger partial charge in [-0.05, 0) is 13.0 Å². The molecule has 0 bridgehead atoms. The molecule has 12 heteroatoms. The van der Waals surface area contributed by atoms with E-state index in [9.17, 15) is 4.79 Å². The van der Waals surface area contributed by atoms with Crippen molar-refractivity contribution in [2.75, 3.05) is 10.6 Å². The van der Waals surface area contributed by atoms with Gasteiger partial charge in [-0.25, -0.2) is 19.3 Å². The largest absolute Gasteiger partial charge is 0.323 e. The number of halogens is 2. The van der Waals surface area contributed by atoms with Gasteiger partial charge in [0.05, 0.1) is 53.1 Å². The average Bonchev–Trinajstić information content (AvgIpc) is 3.35. The van der Waals surface area contributed by atoms with Crippen LogP contribution in [0.15, 0.2) is 43.1 Å². The Kier molecular flexibility index (Phi) is 5.28. The number of hydrogen-bond donors (Lipinski definition) is 2. The van der Waals surface area contributed by atoms with Crippen LogP contribution in [0.2, 0.25) is 5.02 Å². The first-order valence-electron chi connectivity index (χ1n) is 8.57. The van der Waals surface area contributed by atoms with Gasteiger partial charge in [0, 0.05) is 17.9 Å². The number of pyridine rings is 1. The molecule has 29 heavy (non-hydrogen) atoms. The predicted octanol–water partition coefficient (Wildman–Crippen LogP) is 3.17. The maximum Gasteiger partial charge on any atom is 0.323 e. The van der Waals surface area contributed by atoms with Crippen LogP contribution in [0.3, 0.4) is 0 Å². The smallest absolute Gasteiger partial charge is 0.306 e. The van der Waals surface area contributed by atoms with Crippen LogP contribution in [0.25, 0.3) is 11.5 Å². The lowest BCUT2D eigenvalue weighted by Gasteiger charge is -2.14. The minimum absolute atomic E-state index is 0.153. The molecule has 0 spiro atoms. The van der Waals surface area contributed by atoms with Crippen LogP contribution in [-0.2, 0) is 6.42 Å². The predicted molar refractivity (Wildman–Crippen MR) is 109 cm³/mol. The van der Waals surface area contributed by atoms with E-state index in [1.54, 1.807) is 29.0 Å². The topological polar surface area (TPSA) is 115 Å². The maximum absolute atomic E-state index is 12.5. The lowest BCUT2D eigenvalue weighted by Crippen LogP contribution is -2.22. The molecule has 0 aliphatic heterocycles. The summed E-state index contributed by atoms with van der Waals surface area (Å²) in [6, 6.07) is 2.85. The number of urea groups is 1. The van der Waals surface area contributed by atoms with Crippen LogP contribution < -0.4 is 10.6 Å². The summed E-state index contributed by atoms with van der Waals surface area (Å²) in [5.41, 5.74) is 2.32. The normalized spacial score (nSPS) is 12.1. The molecule has 0 aliphatic rings. The van der Waals surface area contributed by atoms with Crippen molar-refractivity contribution in [1.29, 1.82) is 0 Å². The van der Waals surface area contributed by atoms with E-state index in [1.165, 1.54) is 23.4 Å². The molecule has 4 aromatic heterocycles. The molecule has 2 N–H and O–H groups in total. The van der Waals surface area contributed by atoms with Crippen LogP contribution in [0.4, 0.5) is 16.2 Å². The quantitative estimate of drug-likeness (QED) is 0.468. The molecule has 0 fully saturated rings. The maximum atomic E-state index is 12.5. The summed E-state index contributed by atoms with van der Waals surface area (Å²) in [5.74, 6) is 0.356. The third-order valence-electron chi connectivity index (χ3n) is 3.93. The molecule has 10 nitrogen and oxygen atoms in total. The van der Waals surface area contributed by atoms with Gasteiger partial charge in [-0.15, -0.1) is 16.4 Å². The second-order valence-corrected chi connectivity index (χ2v) is 7.28. The number of carbonyl (C=O) groups excluding carboxylic acids is 1. The van der Waals surface area contributed by atoms with Gasteiger partial charge in [0.2, 0.25) is 0 Å². The molecule has 1 atom stereocenters. The molecule has 0 radical (unpaired) electrons. The van der Waals surface area contributed by atoms with Crippen LogP contribution in [0.5, 0.6) is 0 Å². The molecule has 0 saturated carbocycles. The van der Waals surface area contributed by atoms with E-state index in [-0.39, 0.29) is 10.4 Å². The van der Waals surface area contributed by atoms with E-state index in [0.717, 1.165) is 5.69 Å². The van der Waals surface area contributed by atoms with Crippen molar-refractivity contribution in [3.05, 3.63) is 53.8 Å². The number of hydrogen-bond acceptors (Lipinski definition) is 6. The van der Waals surface area contributed by atoms with Crippen molar-refractivity contribution in [2.24, 2.45) is 0 Å². The monoisotopic (exact) mass is 431 g/mol. The third kappa shape index (κ3) is 4.13. The lowest BCUT2D eigenvalue weighted by atomic mass is 10.2. The van der Waals surface area contributed by atoms with Gasteiger partial charge in [-0.2, -0.15) is 15.3 Å². The first-order valence-corrected chi connectivity index (χ1v) is 9.38. The standard InChI is InChI=1S/C17H15Cl2N9O/c1-10(18)6-14-13(9-20-15-2-3-22-27(14)15)26-17(29)25-11-7-12(19)16(21-8-11)28-23-4-5-24-28/h2-5,7-10H,6H2,1H3,(H2,25,26,29). The fraction of sp³-hybridized carbons (Fsp3) is 0.176. The summed E-state index contributed by atoms with van der Waals surface area (Å²) in [4.78, 5) is 22.3. The van der Waals surface area contributed by atoms with E-state index in [0.29, 0.717) is 29.3 Å². The highest BCUT2D eigenvalue weighted by Gasteiger charge is 2.15. The Morgan fingerprint density at radius 2 is 1.93 bits per heavy atom. The molecule has 0 aromatic carbocycles. The number of nitrogens with zero attached hydrogens (tertiary/aromatic N) is 7. The van der Waals surface area contributed by atoms with Crippen molar-refractivity contribution in [2.45, 2.75) is 18.7 Å². The summed E-state index contributed by atoms with van der Waals surface area (Å²) in [5, 5.41) is 17.8. The van der Waals surface area contributed by atoms with Gasteiger partial charge in [0.25, 0.3) is 0 Å². The molecular weight excluding hydrogens is 417 g/mol. The fourth-order valence-electron chi connectivity index (χ4n) is 2.74. The van der Waals surface area contributed by atoms with Gasteiger partial charge in [-0.1, -0.05) is 11.6 Å². The van der Waals surface area contributed by atoms with Crippen LogP contribution in [0, 0.1) is 0 Å². The van der Waals surface area contributed by atoms with Gasteiger partial charge in [0.15, 0.2) is 11.5 Å². The molecule has 4 aromatic rings. The average molecular weight is 432 g/mol. The molecule has 148 valence electrons. The first-order chi connectivity index (χ1) is 14.0. The van der Waals surface area contributed by atoms with Crippen molar-refractivity contribution in [1.82, 2.24) is 34.6 Å². The number of rotatable bonds is 5. The molecule has 0 saturated heterocycles. The second kappa shape index (κ2) is 8.02. The zero-order valence-corrected chi connectivity index (χ0v) is 16.6. The van der Waals surface area contributed by atoms with Gasteiger partial charge < -0.3 is 10.6 Å². The first kappa shape index (κ1) is 19.1. The Morgan fingerprint density at radius 3 is 2.66 bits per heavy atom. The number of anilines is 2. The van der Waals surface area contributed by atoms with Crippen LogP contribution in [0.1, 0.15) is 12.6 Å².